The van der Waals surface area contributed by atoms with E-state index in [1.165, 1.54) is 16.9 Å². The van der Waals surface area contributed by atoms with Crippen molar-refractivity contribution in [1.29, 1.82) is 0 Å². The number of hydrogen-bond acceptors (Lipinski definition) is 3. The maximum atomic E-state index is 11.7. The second-order valence-electron chi connectivity index (χ2n) is 4.77. The zero-order valence-electron chi connectivity index (χ0n) is 11.8. The number of rotatable bonds is 6. The summed E-state index contributed by atoms with van der Waals surface area (Å²) in [5.41, 5.74) is 1.19. The van der Waals surface area contributed by atoms with E-state index >= 15 is 0 Å². The predicted octanol–water partition coefficient (Wildman–Crippen LogP) is 3.68. The molecule has 0 bridgehead atoms. The number of amides is 1. The van der Waals surface area contributed by atoms with Gasteiger partial charge in [-0.25, -0.2) is 0 Å². The van der Waals surface area contributed by atoms with Gasteiger partial charge >= 0.3 is 0 Å². The molecule has 20 heavy (non-hydrogen) atoms. The maximum Gasteiger partial charge on any atom is 0.261 e. The second-order valence-corrected chi connectivity index (χ2v) is 5.72. The summed E-state index contributed by atoms with van der Waals surface area (Å²) in [7, 11) is 0. The minimum absolute atomic E-state index is 0.0410. The number of thiophene rings is 1. The van der Waals surface area contributed by atoms with Crippen LogP contribution < -0.4 is 10.1 Å². The average molecular weight is 289 g/mol. The first kappa shape index (κ1) is 14.6. The van der Waals surface area contributed by atoms with Crippen molar-refractivity contribution in [3.8, 4) is 5.75 Å². The van der Waals surface area contributed by atoms with Crippen LogP contribution in [0, 0.1) is 0 Å². The third-order valence-electron chi connectivity index (χ3n) is 2.93. The van der Waals surface area contributed by atoms with Crippen LogP contribution in [0.15, 0.2) is 41.8 Å². The Kier molecular flexibility index (Phi) is 5.18. The van der Waals surface area contributed by atoms with Gasteiger partial charge in [-0.2, -0.15) is 0 Å². The quantitative estimate of drug-likeness (QED) is 0.824. The fraction of sp³-hybridized carbons (Fsp3) is 0.312. The molecule has 4 heteroatoms. The summed E-state index contributed by atoms with van der Waals surface area (Å²) in [6.45, 7) is 5.26. The molecule has 3 nitrogen and oxygen atoms in total. The van der Waals surface area contributed by atoms with Crippen molar-refractivity contribution in [1.82, 2.24) is 5.32 Å². The first-order valence-electron chi connectivity index (χ1n) is 6.72. The summed E-state index contributed by atoms with van der Waals surface area (Å²) in [4.78, 5) is 12.5. The number of para-hydroxylation sites is 1. The second kappa shape index (κ2) is 7.10. The molecule has 1 amide bonds. The standard InChI is InChI=1S/C16H19NO2S/c1-12(2)13-6-3-4-7-14(13)19-10-9-17-16(18)15-8-5-11-20-15/h3-8,11-12H,9-10H2,1-2H3,(H,17,18). The molecule has 0 saturated carbocycles. The number of hydrogen-bond donors (Lipinski definition) is 1. The van der Waals surface area contributed by atoms with E-state index in [9.17, 15) is 4.79 Å². The first-order valence-corrected chi connectivity index (χ1v) is 7.60. The Balaban J connectivity index is 1.80. The summed E-state index contributed by atoms with van der Waals surface area (Å²) in [6.07, 6.45) is 0. The van der Waals surface area contributed by atoms with E-state index in [4.69, 9.17) is 4.74 Å². The molecule has 0 saturated heterocycles. The fourth-order valence-corrected chi connectivity index (χ4v) is 2.55. The molecule has 0 atom stereocenters. The van der Waals surface area contributed by atoms with Crippen LogP contribution in [0.5, 0.6) is 5.75 Å². The Morgan fingerprint density at radius 1 is 1.25 bits per heavy atom. The van der Waals surface area contributed by atoms with Crippen molar-refractivity contribution >= 4 is 17.2 Å². The molecule has 0 fully saturated rings. The first-order chi connectivity index (χ1) is 9.68. The number of carbonyl (C=O) groups excluding carboxylic acids is 1. The third kappa shape index (κ3) is 3.84. The highest BCUT2D eigenvalue weighted by Gasteiger charge is 2.08. The summed E-state index contributed by atoms with van der Waals surface area (Å²) >= 11 is 1.44. The van der Waals surface area contributed by atoms with Gasteiger partial charge in [-0.05, 0) is 29.0 Å². The van der Waals surface area contributed by atoms with E-state index in [0.717, 1.165) is 10.6 Å². The largest absolute Gasteiger partial charge is 0.491 e. The average Bonchev–Trinajstić information content (AvgIpc) is 2.98. The molecule has 0 aliphatic rings. The van der Waals surface area contributed by atoms with Gasteiger partial charge in [0, 0.05) is 0 Å². The van der Waals surface area contributed by atoms with Crippen LogP contribution in [-0.2, 0) is 0 Å². The zero-order chi connectivity index (χ0) is 14.4. The molecule has 106 valence electrons. The van der Waals surface area contributed by atoms with Gasteiger partial charge in [0.2, 0.25) is 0 Å². The van der Waals surface area contributed by atoms with Crippen LogP contribution >= 0.6 is 11.3 Å². The van der Waals surface area contributed by atoms with Crippen molar-refractivity contribution in [3.63, 3.8) is 0 Å². The van der Waals surface area contributed by atoms with Gasteiger partial charge in [0.1, 0.15) is 12.4 Å². The Morgan fingerprint density at radius 2 is 2.05 bits per heavy atom. The van der Waals surface area contributed by atoms with Gasteiger partial charge < -0.3 is 10.1 Å². The highest BCUT2D eigenvalue weighted by atomic mass is 32.1. The molecule has 1 heterocycles. The normalized spacial score (nSPS) is 10.6. The van der Waals surface area contributed by atoms with E-state index in [1.54, 1.807) is 0 Å². The van der Waals surface area contributed by atoms with Crippen molar-refractivity contribution in [2.45, 2.75) is 19.8 Å². The SMILES string of the molecule is CC(C)c1ccccc1OCCNC(=O)c1cccs1. The number of carbonyl (C=O) groups is 1. The fourth-order valence-electron chi connectivity index (χ4n) is 1.91. The molecule has 0 aliphatic heterocycles. The number of ether oxygens (including phenoxy) is 1. The van der Waals surface area contributed by atoms with Crippen molar-refractivity contribution in [2.24, 2.45) is 0 Å². The smallest absolute Gasteiger partial charge is 0.261 e. The van der Waals surface area contributed by atoms with Crippen LogP contribution in [0.4, 0.5) is 0 Å². The minimum atomic E-state index is -0.0410. The molecular weight excluding hydrogens is 270 g/mol. The van der Waals surface area contributed by atoms with Crippen LogP contribution in [0.25, 0.3) is 0 Å². The molecule has 2 rings (SSSR count). The molecule has 1 N–H and O–H groups in total. The lowest BCUT2D eigenvalue weighted by Gasteiger charge is -2.13. The van der Waals surface area contributed by atoms with Crippen molar-refractivity contribution in [2.75, 3.05) is 13.2 Å². The third-order valence-corrected chi connectivity index (χ3v) is 3.80. The Hall–Kier alpha value is -1.81. The highest BCUT2D eigenvalue weighted by molar-refractivity contribution is 7.12. The van der Waals surface area contributed by atoms with Gasteiger partial charge in [-0.15, -0.1) is 11.3 Å². The van der Waals surface area contributed by atoms with E-state index in [0.29, 0.717) is 19.1 Å². The van der Waals surface area contributed by atoms with E-state index in [2.05, 4.69) is 25.2 Å². The van der Waals surface area contributed by atoms with Gasteiger partial charge in [-0.3, -0.25) is 4.79 Å². The van der Waals surface area contributed by atoms with Crippen molar-refractivity contribution < 1.29 is 9.53 Å². The van der Waals surface area contributed by atoms with Crippen LogP contribution in [-0.4, -0.2) is 19.1 Å². The topological polar surface area (TPSA) is 38.3 Å². The molecule has 2 aromatic rings. The molecule has 0 aliphatic carbocycles. The lowest BCUT2D eigenvalue weighted by Crippen LogP contribution is -2.27. The maximum absolute atomic E-state index is 11.7. The van der Waals surface area contributed by atoms with E-state index in [-0.39, 0.29) is 5.91 Å². The number of nitrogens with one attached hydrogen (secondary N) is 1. The van der Waals surface area contributed by atoms with Gasteiger partial charge in [-0.1, -0.05) is 38.1 Å². The van der Waals surface area contributed by atoms with Crippen LogP contribution in [0.2, 0.25) is 0 Å². The molecular formula is C16H19NO2S. The lowest BCUT2D eigenvalue weighted by molar-refractivity contribution is 0.0951. The Morgan fingerprint density at radius 3 is 2.75 bits per heavy atom. The summed E-state index contributed by atoms with van der Waals surface area (Å²) < 4.78 is 5.75. The van der Waals surface area contributed by atoms with Crippen molar-refractivity contribution in [3.05, 3.63) is 52.2 Å². The van der Waals surface area contributed by atoms with Crippen LogP contribution in [0.1, 0.15) is 35.0 Å². The van der Waals surface area contributed by atoms with Crippen LogP contribution in [0.3, 0.4) is 0 Å². The molecule has 0 radical (unpaired) electrons. The lowest BCUT2D eigenvalue weighted by atomic mass is 10.0. The Labute approximate surface area is 123 Å². The predicted molar refractivity (Wildman–Crippen MR) is 82.7 cm³/mol. The Bertz CT molecular complexity index is 549. The molecule has 1 aromatic heterocycles. The zero-order valence-corrected chi connectivity index (χ0v) is 12.6. The summed E-state index contributed by atoms with van der Waals surface area (Å²) in [5.74, 6) is 1.28. The van der Waals surface area contributed by atoms with E-state index < -0.39 is 0 Å². The molecule has 0 unspecified atom stereocenters. The summed E-state index contributed by atoms with van der Waals surface area (Å²) in [5, 5.41) is 4.74. The summed E-state index contributed by atoms with van der Waals surface area (Å²) in [6, 6.07) is 11.7. The highest BCUT2D eigenvalue weighted by Crippen LogP contribution is 2.25. The van der Waals surface area contributed by atoms with E-state index in [1.807, 2.05) is 35.7 Å². The molecule has 1 aromatic carbocycles. The van der Waals surface area contributed by atoms with Gasteiger partial charge in [0.25, 0.3) is 5.91 Å². The molecule has 0 spiro atoms. The number of benzene rings is 1. The van der Waals surface area contributed by atoms with Gasteiger partial charge in [0.05, 0.1) is 11.4 Å². The van der Waals surface area contributed by atoms with Gasteiger partial charge in [0.15, 0.2) is 0 Å². The monoisotopic (exact) mass is 289 g/mol. The minimum Gasteiger partial charge on any atom is -0.491 e.